The molecule has 0 unspecified atom stereocenters. The number of ether oxygens (including phenoxy) is 2. The molecule has 0 bridgehead atoms. The van der Waals surface area contributed by atoms with Crippen LogP contribution in [0.3, 0.4) is 0 Å². The van der Waals surface area contributed by atoms with Crippen molar-refractivity contribution in [1.29, 1.82) is 0 Å². The fourth-order valence-corrected chi connectivity index (χ4v) is 3.44. The van der Waals surface area contributed by atoms with Gasteiger partial charge in [0.1, 0.15) is 5.01 Å². The number of carbonyl (C=O) groups is 1. The Balaban J connectivity index is 1.99. The summed E-state index contributed by atoms with van der Waals surface area (Å²) in [4.78, 5) is 18.7. The van der Waals surface area contributed by atoms with Crippen molar-refractivity contribution in [3.63, 3.8) is 0 Å². The number of benzene rings is 1. The third kappa shape index (κ3) is 3.39. The number of amides is 1. The van der Waals surface area contributed by atoms with Gasteiger partial charge in [0.05, 0.1) is 19.8 Å². The summed E-state index contributed by atoms with van der Waals surface area (Å²) >= 11 is 1.52. The monoisotopic (exact) mass is 374 g/mol. The van der Waals surface area contributed by atoms with Crippen molar-refractivity contribution in [2.24, 2.45) is 0 Å². The summed E-state index contributed by atoms with van der Waals surface area (Å²) in [6.45, 7) is 7.13. The Morgan fingerprint density at radius 2 is 2.04 bits per heavy atom. The SMILES string of the molecule is CCOc1ccc2c(C)c(C(=O)N(C)Cc3nccs3)oc2c1OCC. The lowest BCUT2D eigenvalue weighted by atomic mass is 10.1. The van der Waals surface area contributed by atoms with Crippen LogP contribution in [0, 0.1) is 6.92 Å². The Hall–Kier alpha value is -2.54. The molecule has 0 fully saturated rings. The van der Waals surface area contributed by atoms with E-state index in [1.807, 2.05) is 38.3 Å². The first-order valence-corrected chi connectivity index (χ1v) is 9.40. The number of nitrogens with zero attached hydrogens (tertiary/aromatic N) is 2. The Morgan fingerprint density at radius 3 is 2.69 bits per heavy atom. The number of hydrogen-bond donors (Lipinski definition) is 0. The van der Waals surface area contributed by atoms with Gasteiger partial charge in [0.2, 0.25) is 5.75 Å². The fraction of sp³-hybridized carbons (Fsp3) is 0.368. The second-order valence-corrected chi connectivity index (χ2v) is 6.76. The summed E-state index contributed by atoms with van der Waals surface area (Å²) < 4.78 is 17.3. The molecule has 0 radical (unpaired) electrons. The lowest BCUT2D eigenvalue weighted by Crippen LogP contribution is -2.26. The van der Waals surface area contributed by atoms with Crippen molar-refractivity contribution < 1.29 is 18.7 Å². The third-order valence-electron chi connectivity index (χ3n) is 4.01. The van der Waals surface area contributed by atoms with Gasteiger partial charge < -0.3 is 18.8 Å². The maximum atomic E-state index is 12.9. The molecule has 26 heavy (non-hydrogen) atoms. The first-order valence-electron chi connectivity index (χ1n) is 8.52. The van der Waals surface area contributed by atoms with Gasteiger partial charge in [-0.05, 0) is 32.9 Å². The van der Waals surface area contributed by atoms with Gasteiger partial charge in [0.25, 0.3) is 5.91 Å². The molecule has 0 aliphatic heterocycles. The van der Waals surface area contributed by atoms with E-state index >= 15 is 0 Å². The maximum Gasteiger partial charge on any atom is 0.290 e. The Morgan fingerprint density at radius 1 is 1.27 bits per heavy atom. The predicted octanol–water partition coefficient (Wildman–Crippen LogP) is 4.27. The largest absolute Gasteiger partial charge is 0.490 e. The van der Waals surface area contributed by atoms with Crippen LogP contribution in [0.15, 0.2) is 28.1 Å². The molecule has 0 saturated heterocycles. The van der Waals surface area contributed by atoms with E-state index in [0.717, 1.165) is 16.0 Å². The molecule has 0 aliphatic rings. The molecule has 0 atom stereocenters. The summed E-state index contributed by atoms with van der Waals surface area (Å²) in [5.74, 6) is 1.28. The third-order valence-corrected chi connectivity index (χ3v) is 4.77. The molecular weight excluding hydrogens is 352 g/mol. The highest BCUT2D eigenvalue weighted by Gasteiger charge is 2.25. The van der Waals surface area contributed by atoms with E-state index < -0.39 is 0 Å². The molecule has 3 rings (SSSR count). The van der Waals surface area contributed by atoms with Crippen molar-refractivity contribution in [2.45, 2.75) is 27.3 Å². The standard InChI is InChI=1S/C19H22N2O4S/c1-5-23-14-8-7-13-12(3)16(25-17(13)18(14)24-6-2)19(22)21(4)11-15-20-9-10-26-15/h7-10H,5-6,11H2,1-4H3. The van der Waals surface area contributed by atoms with Crippen molar-refractivity contribution in [1.82, 2.24) is 9.88 Å². The van der Waals surface area contributed by atoms with Gasteiger partial charge in [-0.2, -0.15) is 0 Å². The number of aromatic nitrogens is 1. The molecule has 3 aromatic rings. The van der Waals surface area contributed by atoms with E-state index in [4.69, 9.17) is 13.9 Å². The minimum absolute atomic E-state index is 0.186. The average molecular weight is 374 g/mol. The molecule has 0 spiro atoms. The fourth-order valence-electron chi connectivity index (χ4n) is 2.78. The summed E-state index contributed by atoms with van der Waals surface area (Å²) in [7, 11) is 1.74. The molecule has 2 heterocycles. The van der Waals surface area contributed by atoms with E-state index in [9.17, 15) is 4.79 Å². The number of hydrogen-bond acceptors (Lipinski definition) is 6. The van der Waals surface area contributed by atoms with Crippen LogP contribution < -0.4 is 9.47 Å². The van der Waals surface area contributed by atoms with Crippen LogP contribution in [0.25, 0.3) is 11.0 Å². The number of thiazole rings is 1. The maximum absolute atomic E-state index is 12.9. The molecule has 0 saturated carbocycles. The Bertz CT molecular complexity index is 902. The van der Waals surface area contributed by atoms with Crippen molar-refractivity contribution in [3.8, 4) is 11.5 Å². The number of aryl methyl sites for hydroxylation is 1. The zero-order valence-electron chi connectivity index (χ0n) is 15.4. The van der Waals surface area contributed by atoms with Gasteiger partial charge in [0.15, 0.2) is 17.1 Å². The van der Waals surface area contributed by atoms with Crippen LogP contribution in [-0.4, -0.2) is 36.1 Å². The molecule has 6 nitrogen and oxygen atoms in total. The van der Waals surface area contributed by atoms with Crippen LogP contribution in [0.1, 0.15) is 35.0 Å². The highest BCUT2D eigenvalue weighted by atomic mass is 32.1. The van der Waals surface area contributed by atoms with Crippen LogP contribution in [0.2, 0.25) is 0 Å². The Labute approximate surface area is 156 Å². The van der Waals surface area contributed by atoms with Gasteiger partial charge in [0, 0.05) is 29.6 Å². The second kappa shape index (κ2) is 7.78. The number of carbonyl (C=O) groups excluding carboxylic acids is 1. The van der Waals surface area contributed by atoms with Crippen molar-refractivity contribution in [2.75, 3.05) is 20.3 Å². The topological polar surface area (TPSA) is 64.8 Å². The zero-order chi connectivity index (χ0) is 18.7. The summed E-state index contributed by atoms with van der Waals surface area (Å²) in [6, 6.07) is 3.76. The number of fused-ring (bicyclic) bond motifs is 1. The summed E-state index contributed by atoms with van der Waals surface area (Å²) in [6.07, 6.45) is 1.73. The van der Waals surface area contributed by atoms with Gasteiger partial charge in [-0.25, -0.2) is 4.98 Å². The number of furan rings is 1. The van der Waals surface area contributed by atoms with Gasteiger partial charge >= 0.3 is 0 Å². The van der Waals surface area contributed by atoms with Crippen LogP contribution in [-0.2, 0) is 6.54 Å². The smallest absolute Gasteiger partial charge is 0.290 e. The molecule has 0 N–H and O–H groups in total. The summed E-state index contributed by atoms with van der Waals surface area (Å²) in [5, 5.41) is 3.62. The predicted molar refractivity (Wildman–Crippen MR) is 101 cm³/mol. The lowest BCUT2D eigenvalue weighted by Gasteiger charge is -2.14. The molecule has 0 aliphatic carbocycles. The van der Waals surface area contributed by atoms with E-state index in [2.05, 4.69) is 4.98 Å². The lowest BCUT2D eigenvalue weighted by molar-refractivity contribution is 0.0754. The van der Waals surface area contributed by atoms with Crippen LogP contribution in [0.4, 0.5) is 0 Å². The van der Waals surface area contributed by atoms with Gasteiger partial charge in [-0.1, -0.05) is 0 Å². The molecule has 2 aromatic heterocycles. The minimum atomic E-state index is -0.186. The normalized spacial score (nSPS) is 10.9. The summed E-state index contributed by atoms with van der Waals surface area (Å²) in [5.41, 5.74) is 1.33. The van der Waals surface area contributed by atoms with Gasteiger partial charge in [-0.3, -0.25) is 4.79 Å². The van der Waals surface area contributed by atoms with E-state index in [-0.39, 0.29) is 5.91 Å². The molecule has 138 valence electrons. The zero-order valence-corrected chi connectivity index (χ0v) is 16.2. The first-order chi connectivity index (χ1) is 12.6. The van der Waals surface area contributed by atoms with E-state index in [1.165, 1.54) is 11.3 Å². The van der Waals surface area contributed by atoms with Crippen molar-refractivity contribution in [3.05, 3.63) is 40.0 Å². The van der Waals surface area contributed by atoms with E-state index in [0.29, 0.717) is 42.6 Å². The van der Waals surface area contributed by atoms with E-state index in [1.54, 1.807) is 18.1 Å². The molecular formula is C19H22N2O4S. The van der Waals surface area contributed by atoms with Crippen LogP contribution >= 0.6 is 11.3 Å². The van der Waals surface area contributed by atoms with Gasteiger partial charge in [-0.15, -0.1) is 11.3 Å². The molecule has 1 amide bonds. The highest BCUT2D eigenvalue weighted by molar-refractivity contribution is 7.09. The highest BCUT2D eigenvalue weighted by Crippen LogP contribution is 2.40. The van der Waals surface area contributed by atoms with Crippen molar-refractivity contribution >= 4 is 28.2 Å². The second-order valence-electron chi connectivity index (χ2n) is 5.78. The first kappa shape index (κ1) is 18.3. The Kier molecular flexibility index (Phi) is 5.46. The number of rotatable bonds is 7. The van der Waals surface area contributed by atoms with Crippen LogP contribution in [0.5, 0.6) is 11.5 Å². The average Bonchev–Trinajstić information content (AvgIpc) is 3.25. The minimum Gasteiger partial charge on any atom is -0.490 e. The molecule has 1 aromatic carbocycles. The molecule has 7 heteroatoms. The quantitative estimate of drug-likeness (QED) is 0.618.